The highest BCUT2D eigenvalue weighted by molar-refractivity contribution is 5.73. The lowest BCUT2D eigenvalue weighted by Gasteiger charge is -2.05. The Kier molecular flexibility index (Phi) is 3.74. The van der Waals surface area contributed by atoms with E-state index in [1.807, 2.05) is 6.92 Å². The summed E-state index contributed by atoms with van der Waals surface area (Å²) >= 11 is 0. The molecule has 1 aromatic heterocycles. The van der Waals surface area contributed by atoms with Crippen molar-refractivity contribution in [3.8, 4) is 11.3 Å². The van der Waals surface area contributed by atoms with Crippen molar-refractivity contribution in [1.29, 1.82) is 0 Å². The predicted molar refractivity (Wildman–Crippen MR) is 78.4 cm³/mol. The third kappa shape index (κ3) is 2.36. The van der Waals surface area contributed by atoms with Gasteiger partial charge in [0.15, 0.2) is 0 Å². The molecule has 2 rings (SSSR count). The number of hydrogen-bond donors (Lipinski definition) is 1. The zero-order chi connectivity index (χ0) is 14.9. The van der Waals surface area contributed by atoms with Crippen molar-refractivity contribution in [3.63, 3.8) is 0 Å². The lowest BCUT2D eigenvalue weighted by Crippen LogP contribution is -1.99. The van der Waals surface area contributed by atoms with Gasteiger partial charge in [-0.2, -0.15) is 5.10 Å². The zero-order valence-corrected chi connectivity index (χ0v) is 11.9. The summed E-state index contributed by atoms with van der Waals surface area (Å²) in [5.74, 6) is 0.618. The minimum Gasteiger partial charge on any atom is -0.384 e. The molecule has 0 saturated heterocycles. The van der Waals surface area contributed by atoms with Gasteiger partial charge in [-0.3, -0.25) is 14.8 Å². The number of rotatable bonds is 4. The van der Waals surface area contributed by atoms with E-state index in [0.717, 1.165) is 35.2 Å². The molecule has 0 aliphatic rings. The van der Waals surface area contributed by atoms with Crippen LogP contribution in [0.15, 0.2) is 18.2 Å². The average molecular weight is 274 g/mol. The largest absolute Gasteiger partial charge is 0.384 e. The molecule has 0 unspecified atom stereocenters. The molecule has 1 aromatic carbocycles. The molecule has 0 spiro atoms. The molecular formula is C14H18N4O2. The van der Waals surface area contributed by atoms with E-state index < -0.39 is 4.92 Å². The highest BCUT2D eigenvalue weighted by Crippen LogP contribution is 2.32. The van der Waals surface area contributed by atoms with Gasteiger partial charge in [-0.1, -0.05) is 19.4 Å². The SMILES string of the molecule is CCCc1c(-c2cc([N+](=O)[O-])ccc2C)nn(C)c1N. The summed E-state index contributed by atoms with van der Waals surface area (Å²) in [7, 11) is 1.78. The van der Waals surface area contributed by atoms with Gasteiger partial charge >= 0.3 is 0 Å². The maximum Gasteiger partial charge on any atom is 0.270 e. The molecule has 2 aromatic rings. The molecule has 0 aliphatic heterocycles. The van der Waals surface area contributed by atoms with Crippen LogP contribution in [0, 0.1) is 17.0 Å². The van der Waals surface area contributed by atoms with Crippen molar-refractivity contribution in [2.45, 2.75) is 26.7 Å². The van der Waals surface area contributed by atoms with Crippen LogP contribution in [-0.2, 0) is 13.5 Å². The molecule has 0 aliphatic carbocycles. The van der Waals surface area contributed by atoms with Gasteiger partial charge in [0.2, 0.25) is 0 Å². The van der Waals surface area contributed by atoms with Crippen molar-refractivity contribution in [3.05, 3.63) is 39.4 Å². The number of aryl methyl sites for hydroxylation is 2. The minimum atomic E-state index is -0.394. The second kappa shape index (κ2) is 5.32. The van der Waals surface area contributed by atoms with Crippen LogP contribution < -0.4 is 5.73 Å². The smallest absolute Gasteiger partial charge is 0.270 e. The number of benzene rings is 1. The van der Waals surface area contributed by atoms with Crippen molar-refractivity contribution in [1.82, 2.24) is 9.78 Å². The van der Waals surface area contributed by atoms with Crippen LogP contribution in [0.2, 0.25) is 0 Å². The van der Waals surface area contributed by atoms with Crippen LogP contribution >= 0.6 is 0 Å². The van der Waals surface area contributed by atoms with Crippen LogP contribution in [0.4, 0.5) is 11.5 Å². The lowest BCUT2D eigenvalue weighted by atomic mass is 9.99. The summed E-state index contributed by atoms with van der Waals surface area (Å²) in [4.78, 5) is 10.5. The number of anilines is 1. The third-order valence-corrected chi connectivity index (χ3v) is 3.38. The average Bonchev–Trinajstić information content (AvgIpc) is 2.68. The molecule has 106 valence electrons. The maximum absolute atomic E-state index is 10.9. The molecule has 6 nitrogen and oxygen atoms in total. The molecule has 0 atom stereocenters. The molecule has 0 fully saturated rings. The van der Waals surface area contributed by atoms with Gasteiger partial charge in [-0.05, 0) is 18.9 Å². The molecule has 20 heavy (non-hydrogen) atoms. The number of nitro benzene ring substituents is 1. The lowest BCUT2D eigenvalue weighted by molar-refractivity contribution is -0.384. The topological polar surface area (TPSA) is 87.0 Å². The van der Waals surface area contributed by atoms with Gasteiger partial charge in [-0.25, -0.2) is 0 Å². The Hall–Kier alpha value is -2.37. The number of nitrogens with two attached hydrogens (primary N) is 1. The molecule has 0 saturated carbocycles. The maximum atomic E-state index is 10.9. The molecule has 0 amide bonds. The van der Waals surface area contributed by atoms with Crippen LogP contribution in [0.25, 0.3) is 11.3 Å². The first-order valence-corrected chi connectivity index (χ1v) is 6.52. The summed E-state index contributed by atoms with van der Waals surface area (Å²) < 4.78 is 1.62. The van der Waals surface area contributed by atoms with Gasteiger partial charge in [0.25, 0.3) is 5.69 Å². The van der Waals surface area contributed by atoms with Crippen LogP contribution in [0.5, 0.6) is 0 Å². The number of non-ortho nitro benzene ring substituents is 1. The van der Waals surface area contributed by atoms with Crippen molar-refractivity contribution in [2.24, 2.45) is 7.05 Å². The Labute approximate surface area is 117 Å². The Morgan fingerprint density at radius 3 is 2.75 bits per heavy atom. The number of nitro groups is 1. The molecule has 0 radical (unpaired) electrons. The molecule has 2 N–H and O–H groups in total. The number of hydrogen-bond acceptors (Lipinski definition) is 4. The van der Waals surface area contributed by atoms with E-state index in [4.69, 9.17) is 5.73 Å². The fraction of sp³-hybridized carbons (Fsp3) is 0.357. The zero-order valence-electron chi connectivity index (χ0n) is 11.9. The Morgan fingerprint density at radius 1 is 1.45 bits per heavy atom. The fourth-order valence-electron chi connectivity index (χ4n) is 2.27. The van der Waals surface area contributed by atoms with Gasteiger partial charge < -0.3 is 5.73 Å². The van der Waals surface area contributed by atoms with E-state index in [1.165, 1.54) is 6.07 Å². The second-order valence-corrected chi connectivity index (χ2v) is 4.84. The van der Waals surface area contributed by atoms with Gasteiger partial charge in [0, 0.05) is 30.3 Å². The standard InChI is InChI=1S/C14H18N4O2/c1-4-5-11-13(16-17(3)14(11)15)12-8-10(18(19)20)7-6-9(12)2/h6-8H,4-5,15H2,1-3H3. The van der Waals surface area contributed by atoms with Crippen molar-refractivity contribution < 1.29 is 4.92 Å². The van der Waals surface area contributed by atoms with E-state index >= 15 is 0 Å². The van der Waals surface area contributed by atoms with Crippen molar-refractivity contribution in [2.75, 3.05) is 5.73 Å². The third-order valence-electron chi connectivity index (χ3n) is 3.38. The monoisotopic (exact) mass is 274 g/mol. The highest BCUT2D eigenvalue weighted by atomic mass is 16.6. The van der Waals surface area contributed by atoms with Gasteiger partial charge in [0.05, 0.1) is 10.6 Å². The predicted octanol–water partition coefficient (Wildman–Crippen LogP) is 2.84. The van der Waals surface area contributed by atoms with Crippen molar-refractivity contribution >= 4 is 11.5 Å². The first-order valence-electron chi connectivity index (χ1n) is 6.52. The van der Waals surface area contributed by atoms with Gasteiger partial charge in [-0.15, -0.1) is 0 Å². The summed E-state index contributed by atoms with van der Waals surface area (Å²) in [5.41, 5.74) is 9.53. The molecule has 6 heteroatoms. The Balaban J connectivity index is 2.64. The van der Waals surface area contributed by atoms with E-state index in [2.05, 4.69) is 12.0 Å². The quantitative estimate of drug-likeness (QED) is 0.686. The number of nitrogen functional groups attached to an aromatic ring is 1. The molecule has 0 bridgehead atoms. The molecular weight excluding hydrogens is 256 g/mol. The summed E-state index contributed by atoms with van der Waals surface area (Å²) in [6.45, 7) is 3.98. The summed E-state index contributed by atoms with van der Waals surface area (Å²) in [5, 5.41) is 15.4. The normalized spacial score (nSPS) is 10.8. The molecule has 1 heterocycles. The Bertz CT molecular complexity index is 661. The van der Waals surface area contributed by atoms with Crippen LogP contribution in [-0.4, -0.2) is 14.7 Å². The highest BCUT2D eigenvalue weighted by Gasteiger charge is 2.18. The Morgan fingerprint density at radius 2 is 2.15 bits per heavy atom. The number of aromatic nitrogens is 2. The second-order valence-electron chi connectivity index (χ2n) is 4.84. The van der Waals surface area contributed by atoms with E-state index in [9.17, 15) is 10.1 Å². The van der Waals surface area contributed by atoms with E-state index in [0.29, 0.717) is 5.82 Å². The first-order chi connectivity index (χ1) is 9.45. The summed E-state index contributed by atoms with van der Waals surface area (Å²) in [6, 6.07) is 4.81. The minimum absolute atomic E-state index is 0.0669. The van der Waals surface area contributed by atoms with Crippen LogP contribution in [0.3, 0.4) is 0 Å². The van der Waals surface area contributed by atoms with Gasteiger partial charge in [0.1, 0.15) is 5.82 Å². The van der Waals surface area contributed by atoms with E-state index in [1.54, 1.807) is 23.9 Å². The number of nitrogens with zero attached hydrogens (tertiary/aromatic N) is 3. The summed E-state index contributed by atoms with van der Waals surface area (Å²) in [6.07, 6.45) is 1.74. The van der Waals surface area contributed by atoms with E-state index in [-0.39, 0.29) is 5.69 Å². The first kappa shape index (κ1) is 14.0. The fourth-order valence-corrected chi connectivity index (χ4v) is 2.27. The van der Waals surface area contributed by atoms with Crippen LogP contribution in [0.1, 0.15) is 24.5 Å².